The lowest BCUT2D eigenvalue weighted by Gasteiger charge is -2.21. The number of ketones is 1. The van der Waals surface area contributed by atoms with Crippen molar-refractivity contribution in [2.24, 2.45) is 5.92 Å². The smallest absolute Gasteiger partial charge is 0.195 e. The largest absolute Gasteiger partial charge is 0.489 e. The van der Waals surface area contributed by atoms with E-state index < -0.39 is 6.10 Å². The van der Waals surface area contributed by atoms with E-state index in [9.17, 15) is 9.90 Å². The predicted molar refractivity (Wildman–Crippen MR) is 63.0 cm³/mol. The summed E-state index contributed by atoms with van der Waals surface area (Å²) in [7, 11) is 0. The van der Waals surface area contributed by atoms with Gasteiger partial charge in [0.25, 0.3) is 0 Å². The third-order valence-corrected chi connectivity index (χ3v) is 3.72. The first-order valence-corrected chi connectivity index (χ1v) is 5.83. The van der Waals surface area contributed by atoms with Crippen LogP contribution in [0, 0.1) is 5.92 Å². The number of benzene rings is 1. The Bertz CT molecular complexity index is 530. The maximum atomic E-state index is 12.1. The van der Waals surface area contributed by atoms with Crippen LogP contribution in [0.2, 0.25) is 0 Å². The van der Waals surface area contributed by atoms with Gasteiger partial charge in [-0.3, -0.25) is 4.79 Å². The molecule has 0 aromatic heterocycles. The molecule has 0 amide bonds. The molecule has 3 atom stereocenters. The van der Waals surface area contributed by atoms with Crippen LogP contribution in [0.25, 0.3) is 5.76 Å². The molecule has 0 fully saturated rings. The molecule has 1 N–H and O–H groups in total. The van der Waals surface area contributed by atoms with Gasteiger partial charge in [-0.05, 0) is 12.5 Å². The van der Waals surface area contributed by atoms with Crippen molar-refractivity contribution < 1.29 is 14.6 Å². The summed E-state index contributed by atoms with van der Waals surface area (Å²) in [6.45, 7) is 3.91. The number of ether oxygens (including phenoxy) is 1. The van der Waals surface area contributed by atoms with Crippen LogP contribution >= 0.6 is 0 Å². The van der Waals surface area contributed by atoms with Crippen molar-refractivity contribution in [2.75, 3.05) is 0 Å². The van der Waals surface area contributed by atoms with Crippen molar-refractivity contribution >= 4 is 11.5 Å². The summed E-state index contributed by atoms with van der Waals surface area (Å²) in [5.41, 5.74) is 2.15. The van der Waals surface area contributed by atoms with Gasteiger partial charge in [-0.1, -0.05) is 31.2 Å². The van der Waals surface area contributed by atoms with E-state index in [1.165, 1.54) is 0 Å². The first-order chi connectivity index (χ1) is 8.11. The average Bonchev–Trinajstić information content (AvgIpc) is 2.63. The van der Waals surface area contributed by atoms with E-state index >= 15 is 0 Å². The molecule has 0 spiro atoms. The van der Waals surface area contributed by atoms with Gasteiger partial charge in [-0.25, -0.2) is 0 Å². The van der Waals surface area contributed by atoms with E-state index in [0.717, 1.165) is 5.56 Å². The van der Waals surface area contributed by atoms with Crippen LogP contribution in [-0.2, 0) is 9.53 Å². The minimum Gasteiger partial charge on any atom is -0.489 e. The maximum absolute atomic E-state index is 12.1. The zero-order valence-corrected chi connectivity index (χ0v) is 9.81. The Balaban J connectivity index is 2.24. The van der Waals surface area contributed by atoms with Crippen molar-refractivity contribution in [3.8, 4) is 0 Å². The molecule has 0 bridgehead atoms. The molecule has 1 aromatic carbocycles. The van der Waals surface area contributed by atoms with E-state index in [1.807, 2.05) is 32.0 Å². The maximum Gasteiger partial charge on any atom is 0.195 e. The van der Waals surface area contributed by atoms with Gasteiger partial charge in [-0.2, -0.15) is 0 Å². The lowest BCUT2D eigenvalue weighted by atomic mass is 9.82. The number of aliphatic hydroxyl groups excluding tert-OH is 1. The molecule has 0 saturated heterocycles. The fourth-order valence-electron chi connectivity index (χ4n) is 2.57. The monoisotopic (exact) mass is 230 g/mol. The summed E-state index contributed by atoms with van der Waals surface area (Å²) < 4.78 is 5.77. The topological polar surface area (TPSA) is 46.5 Å². The zero-order chi connectivity index (χ0) is 12.2. The molecule has 1 aromatic rings. The number of Topliss-reactive ketones (excluding diaryl/α,β-unsaturated/α-hetero) is 1. The molecule has 17 heavy (non-hydrogen) atoms. The third-order valence-electron chi connectivity index (χ3n) is 3.72. The molecule has 88 valence electrons. The van der Waals surface area contributed by atoms with Crippen LogP contribution in [0.1, 0.15) is 31.1 Å². The van der Waals surface area contributed by atoms with Gasteiger partial charge in [0.15, 0.2) is 5.78 Å². The molecule has 0 saturated carbocycles. The van der Waals surface area contributed by atoms with E-state index in [-0.39, 0.29) is 17.8 Å². The first-order valence-electron chi connectivity index (χ1n) is 5.83. The highest BCUT2D eigenvalue weighted by molar-refractivity contribution is 6.09. The van der Waals surface area contributed by atoms with Crippen molar-refractivity contribution in [3.63, 3.8) is 0 Å². The lowest BCUT2D eigenvalue weighted by molar-refractivity contribution is -0.124. The number of aliphatic hydroxyl groups is 1. The predicted octanol–water partition coefficient (Wildman–Crippen LogP) is 2.07. The average molecular weight is 230 g/mol. The van der Waals surface area contributed by atoms with Crippen molar-refractivity contribution in [3.05, 3.63) is 41.0 Å². The first kappa shape index (κ1) is 10.5. The highest BCUT2D eigenvalue weighted by Gasteiger charge is 2.42. The van der Waals surface area contributed by atoms with Gasteiger partial charge in [0, 0.05) is 17.1 Å². The standard InChI is InChI=1S/C14H14O3/c1-7-8(2)17-14-10-6-4-3-5-9(10)12(15)13(16)11(7)14/h3-8,12,15H,1-2H3/t7-,8+,12?/m0/s1. The number of rotatable bonds is 0. The normalized spacial score (nSPS) is 31.0. The Morgan fingerprint density at radius 1 is 1.24 bits per heavy atom. The van der Waals surface area contributed by atoms with Crippen LogP contribution in [0.5, 0.6) is 0 Å². The number of fused-ring (bicyclic) bond motifs is 2. The van der Waals surface area contributed by atoms with E-state index in [0.29, 0.717) is 16.9 Å². The summed E-state index contributed by atoms with van der Waals surface area (Å²) in [5, 5.41) is 10.0. The summed E-state index contributed by atoms with van der Waals surface area (Å²) in [5.74, 6) is 0.493. The molecule has 2 aliphatic rings. The minimum atomic E-state index is -1.04. The number of carbonyl (C=O) groups is 1. The molecule has 3 nitrogen and oxygen atoms in total. The molecule has 1 aliphatic carbocycles. The van der Waals surface area contributed by atoms with Crippen LogP contribution < -0.4 is 0 Å². The molecular formula is C14H14O3. The molecular weight excluding hydrogens is 216 g/mol. The molecule has 3 rings (SSSR count). The van der Waals surface area contributed by atoms with Crippen molar-refractivity contribution in [1.82, 2.24) is 0 Å². The SMILES string of the molecule is C[C@@H]1C2=C(O[C@@H]1C)c1ccccc1C(O)C2=O. The zero-order valence-electron chi connectivity index (χ0n) is 9.81. The van der Waals surface area contributed by atoms with Gasteiger partial charge < -0.3 is 9.84 Å². The molecule has 0 radical (unpaired) electrons. The molecule has 1 heterocycles. The quantitative estimate of drug-likeness (QED) is 0.742. The highest BCUT2D eigenvalue weighted by atomic mass is 16.5. The minimum absolute atomic E-state index is 0.0118. The Kier molecular flexibility index (Phi) is 2.13. The summed E-state index contributed by atoms with van der Waals surface area (Å²) in [6.07, 6.45) is -1.05. The van der Waals surface area contributed by atoms with Gasteiger partial charge in [0.05, 0.1) is 0 Å². The highest BCUT2D eigenvalue weighted by Crippen LogP contribution is 2.44. The Labute approximate surface area is 99.7 Å². The van der Waals surface area contributed by atoms with E-state index in [2.05, 4.69) is 0 Å². The fourth-order valence-corrected chi connectivity index (χ4v) is 2.57. The van der Waals surface area contributed by atoms with Crippen molar-refractivity contribution in [1.29, 1.82) is 0 Å². The number of hydrogen-bond donors (Lipinski definition) is 1. The van der Waals surface area contributed by atoms with Gasteiger partial charge in [0.1, 0.15) is 18.0 Å². The van der Waals surface area contributed by atoms with Crippen molar-refractivity contribution in [2.45, 2.75) is 26.1 Å². The second kappa shape index (κ2) is 3.44. The van der Waals surface area contributed by atoms with Gasteiger partial charge in [0.2, 0.25) is 0 Å². The Morgan fingerprint density at radius 3 is 2.71 bits per heavy atom. The van der Waals surface area contributed by atoms with Gasteiger partial charge >= 0.3 is 0 Å². The van der Waals surface area contributed by atoms with Crippen LogP contribution in [0.4, 0.5) is 0 Å². The number of carbonyl (C=O) groups excluding carboxylic acids is 1. The molecule has 1 aliphatic heterocycles. The van der Waals surface area contributed by atoms with Crippen LogP contribution in [0.3, 0.4) is 0 Å². The molecule has 3 heteroatoms. The lowest BCUT2D eigenvalue weighted by Crippen LogP contribution is -2.23. The summed E-state index contributed by atoms with van der Waals surface area (Å²) in [4.78, 5) is 12.1. The number of hydrogen-bond acceptors (Lipinski definition) is 3. The van der Waals surface area contributed by atoms with Gasteiger partial charge in [-0.15, -0.1) is 0 Å². The van der Waals surface area contributed by atoms with Crippen LogP contribution in [-0.4, -0.2) is 17.0 Å². The Morgan fingerprint density at radius 2 is 1.94 bits per heavy atom. The Hall–Kier alpha value is -1.61. The van der Waals surface area contributed by atoms with Crippen LogP contribution in [0.15, 0.2) is 29.8 Å². The molecule has 1 unspecified atom stereocenters. The van der Waals surface area contributed by atoms with E-state index in [4.69, 9.17) is 4.74 Å². The summed E-state index contributed by atoms with van der Waals surface area (Å²) >= 11 is 0. The third kappa shape index (κ3) is 1.29. The second-order valence-corrected chi connectivity index (χ2v) is 4.71. The fraction of sp³-hybridized carbons (Fsp3) is 0.357. The summed E-state index contributed by atoms with van der Waals surface area (Å²) in [6, 6.07) is 7.38. The second-order valence-electron chi connectivity index (χ2n) is 4.71. The van der Waals surface area contributed by atoms with E-state index in [1.54, 1.807) is 6.07 Å².